The molecule has 136 valence electrons. The van der Waals surface area contributed by atoms with Gasteiger partial charge in [0, 0.05) is 5.92 Å². The van der Waals surface area contributed by atoms with E-state index in [0.717, 1.165) is 6.54 Å². The molecule has 1 heteroatoms. The molecule has 0 spiro atoms. The van der Waals surface area contributed by atoms with Crippen molar-refractivity contribution in [3.8, 4) is 0 Å². The fourth-order valence-corrected chi connectivity index (χ4v) is 3.63. The second-order valence-corrected chi connectivity index (χ2v) is 7.13. The van der Waals surface area contributed by atoms with Crippen LogP contribution in [0.5, 0.6) is 0 Å². The fraction of sp³-hybridized carbons (Fsp3) is 0.500. The smallest absolute Gasteiger partial charge is 0.00893 e. The zero-order valence-corrected chi connectivity index (χ0v) is 15.7. The number of unbranched alkanes of at least 4 members (excludes halogenated alkanes) is 8. The Balaban J connectivity index is 1.69. The van der Waals surface area contributed by atoms with Gasteiger partial charge >= 0.3 is 0 Å². The maximum absolute atomic E-state index is 5.53. The first-order valence-electron chi connectivity index (χ1n) is 10.2. The van der Waals surface area contributed by atoms with Gasteiger partial charge in [0.05, 0.1) is 0 Å². The van der Waals surface area contributed by atoms with Crippen molar-refractivity contribution in [3.05, 3.63) is 71.8 Å². The number of rotatable bonds is 13. The minimum Gasteiger partial charge on any atom is -0.330 e. The summed E-state index contributed by atoms with van der Waals surface area (Å²) in [5.74, 6) is 0.540. The van der Waals surface area contributed by atoms with Crippen LogP contribution in [0, 0.1) is 0 Å². The van der Waals surface area contributed by atoms with Crippen LogP contribution in [-0.2, 0) is 0 Å². The highest BCUT2D eigenvalue weighted by Gasteiger charge is 2.13. The Hall–Kier alpha value is -1.60. The lowest BCUT2D eigenvalue weighted by atomic mass is 9.87. The van der Waals surface area contributed by atoms with E-state index in [2.05, 4.69) is 60.7 Å². The van der Waals surface area contributed by atoms with E-state index in [0.29, 0.717) is 5.92 Å². The Morgan fingerprint density at radius 1 is 0.520 bits per heavy atom. The summed E-state index contributed by atoms with van der Waals surface area (Å²) in [5.41, 5.74) is 8.44. The Morgan fingerprint density at radius 3 is 1.36 bits per heavy atom. The summed E-state index contributed by atoms with van der Waals surface area (Å²) in [5, 5.41) is 0. The number of benzene rings is 2. The monoisotopic (exact) mass is 337 g/mol. The van der Waals surface area contributed by atoms with Gasteiger partial charge in [-0.05, 0) is 30.5 Å². The van der Waals surface area contributed by atoms with Gasteiger partial charge < -0.3 is 5.73 Å². The zero-order chi connectivity index (χ0) is 17.6. The molecular weight excluding hydrogens is 302 g/mol. The quantitative estimate of drug-likeness (QED) is 0.405. The topological polar surface area (TPSA) is 26.0 Å². The lowest BCUT2D eigenvalue weighted by molar-refractivity contribution is 0.543. The molecule has 0 atom stereocenters. The largest absolute Gasteiger partial charge is 0.330 e. The second kappa shape index (κ2) is 12.7. The van der Waals surface area contributed by atoms with Crippen molar-refractivity contribution in [2.75, 3.05) is 6.54 Å². The molecule has 2 aromatic carbocycles. The average molecular weight is 338 g/mol. The third-order valence-electron chi connectivity index (χ3n) is 5.10. The highest BCUT2D eigenvalue weighted by Crippen LogP contribution is 2.30. The number of hydrogen-bond donors (Lipinski definition) is 1. The molecule has 25 heavy (non-hydrogen) atoms. The molecule has 0 aliphatic rings. The van der Waals surface area contributed by atoms with E-state index < -0.39 is 0 Å². The maximum Gasteiger partial charge on any atom is 0.00893 e. The van der Waals surface area contributed by atoms with Crippen molar-refractivity contribution in [1.29, 1.82) is 0 Å². The van der Waals surface area contributed by atoms with Crippen LogP contribution in [-0.4, -0.2) is 6.54 Å². The van der Waals surface area contributed by atoms with Crippen molar-refractivity contribution < 1.29 is 0 Å². The fourth-order valence-electron chi connectivity index (χ4n) is 3.63. The van der Waals surface area contributed by atoms with Crippen molar-refractivity contribution >= 4 is 0 Å². The summed E-state index contributed by atoms with van der Waals surface area (Å²) >= 11 is 0. The molecule has 0 radical (unpaired) electrons. The van der Waals surface area contributed by atoms with Crippen LogP contribution in [0.25, 0.3) is 0 Å². The molecule has 0 aliphatic heterocycles. The molecule has 0 amide bonds. The minimum absolute atomic E-state index is 0.540. The van der Waals surface area contributed by atoms with Gasteiger partial charge in [0.25, 0.3) is 0 Å². The van der Waals surface area contributed by atoms with E-state index in [4.69, 9.17) is 5.73 Å². The first kappa shape index (κ1) is 19.7. The lowest BCUT2D eigenvalue weighted by Gasteiger charge is -2.18. The Morgan fingerprint density at radius 2 is 0.920 bits per heavy atom. The molecule has 2 aromatic rings. The van der Waals surface area contributed by atoms with Crippen molar-refractivity contribution in [2.24, 2.45) is 5.73 Å². The van der Waals surface area contributed by atoms with Gasteiger partial charge in [-0.2, -0.15) is 0 Å². The Bertz CT molecular complexity index is 495. The second-order valence-electron chi connectivity index (χ2n) is 7.13. The van der Waals surface area contributed by atoms with Crippen LogP contribution in [0.15, 0.2) is 60.7 Å². The van der Waals surface area contributed by atoms with Gasteiger partial charge in [-0.1, -0.05) is 112 Å². The van der Waals surface area contributed by atoms with E-state index in [1.165, 1.54) is 75.3 Å². The van der Waals surface area contributed by atoms with E-state index >= 15 is 0 Å². The molecule has 0 heterocycles. The van der Waals surface area contributed by atoms with Crippen molar-refractivity contribution in [3.63, 3.8) is 0 Å². The summed E-state index contributed by atoms with van der Waals surface area (Å²) in [4.78, 5) is 0. The Labute approximate surface area is 154 Å². The predicted molar refractivity (Wildman–Crippen MR) is 110 cm³/mol. The van der Waals surface area contributed by atoms with Crippen LogP contribution >= 0.6 is 0 Å². The summed E-state index contributed by atoms with van der Waals surface area (Å²) in [6.45, 7) is 0.851. The molecule has 0 unspecified atom stereocenters. The van der Waals surface area contributed by atoms with Crippen molar-refractivity contribution in [1.82, 2.24) is 0 Å². The normalized spacial score (nSPS) is 11.1. The minimum atomic E-state index is 0.540. The van der Waals surface area contributed by atoms with Crippen LogP contribution < -0.4 is 5.73 Å². The maximum atomic E-state index is 5.53. The van der Waals surface area contributed by atoms with Crippen LogP contribution in [0.1, 0.15) is 81.3 Å². The lowest BCUT2D eigenvalue weighted by Crippen LogP contribution is -2.01. The van der Waals surface area contributed by atoms with Gasteiger partial charge in [0.15, 0.2) is 0 Å². The molecule has 0 saturated carbocycles. The van der Waals surface area contributed by atoms with Gasteiger partial charge in [0.2, 0.25) is 0 Å². The van der Waals surface area contributed by atoms with Crippen LogP contribution in [0.4, 0.5) is 0 Å². The molecule has 2 rings (SSSR count). The van der Waals surface area contributed by atoms with Gasteiger partial charge in [-0.25, -0.2) is 0 Å². The highest BCUT2D eigenvalue weighted by molar-refractivity contribution is 5.32. The summed E-state index contributed by atoms with van der Waals surface area (Å²) in [6, 6.07) is 22.0. The SMILES string of the molecule is NCCCCCCCCCCCC(c1ccccc1)c1ccccc1. The third kappa shape index (κ3) is 7.88. The molecular formula is C24H35N. The molecule has 2 N–H and O–H groups in total. The number of hydrogen-bond acceptors (Lipinski definition) is 1. The molecule has 0 bridgehead atoms. The number of nitrogens with two attached hydrogens (primary N) is 1. The first-order chi connectivity index (χ1) is 12.4. The zero-order valence-electron chi connectivity index (χ0n) is 15.7. The van der Waals surface area contributed by atoms with Gasteiger partial charge in [-0.3, -0.25) is 0 Å². The van der Waals surface area contributed by atoms with E-state index in [9.17, 15) is 0 Å². The van der Waals surface area contributed by atoms with Crippen LogP contribution in [0.2, 0.25) is 0 Å². The van der Waals surface area contributed by atoms with E-state index in [-0.39, 0.29) is 0 Å². The highest BCUT2D eigenvalue weighted by atomic mass is 14.5. The molecule has 0 fully saturated rings. The summed E-state index contributed by atoms with van der Waals surface area (Å²) in [7, 11) is 0. The molecule has 0 aliphatic carbocycles. The van der Waals surface area contributed by atoms with Gasteiger partial charge in [0.1, 0.15) is 0 Å². The predicted octanol–water partition coefficient (Wildman–Crippen LogP) is 6.68. The van der Waals surface area contributed by atoms with Crippen molar-refractivity contribution in [2.45, 2.75) is 70.1 Å². The van der Waals surface area contributed by atoms with Crippen LogP contribution in [0.3, 0.4) is 0 Å². The standard InChI is InChI=1S/C24H35N/c25-21-15-7-5-3-1-2-4-6-14-20-24(22-16-10-8-11-17-22)23-18-12-9-13-19-23/h8-13,16-19,24H,1-7,14-15,20-21,25H2. The summed E-state index contributed by atoms with van der Waals surface area (Å²) in [6.07, 6.45) is 13.4. The molecule has 1 nitrogen and oxygen atoms in total. The average Bonchev–Trinajstić information content (AvgIpc) is 2.67. The molecule has 0 saturated heterocycles. The first-order valence-corrected chi connectivity index (χ1v) is 10.2. The summed E-state index contributed by atoms with van der Waals surface area (Å²) < 4.78 is 0. The van der Waals surface area contributed by atoms with Gasteiger partial charge in [-0.15, -0.1) is 0 Å². The Kier molecular flexibility index (Phi) is 10.0. The van der Waals surface area contributed by atoms with E-state index in [1.807, 2.05) is 0 Å². The third-order valence-corrected chi connectivity index (χ3v) is 5.10. The van der Waals surface area contributed by atoms with E-state index in [1.54, 1.807) is 0 Å². The molecule has 0 aromatic heterocycles.